The Balaban J connectivity index is 1.53. The van der Waals surface area contributed by atoms with E-state index >= 15 is 0 Å². The SMILES string of the molecule is COCCCN1C2=C(C(=O)CCC2)C(c2cn(Cc3ccc(Cl)c(Cl)c3)c3ccccc23)C2=C1CCCC2=O. The van der Waals surface area contributed by atoms with Gasteiger partial charge < -0.3 is 14.2 Å². The Morgan fingerprint density at radius 1 is 0.897 bits per heavy atom. The number of halogens is 2. The van der Waals surface area contributed by atoms with E-state index in [9.17, 15) is 9.59 Å². The zero-order valence-electron chi connectivity index (χ0n) is 22.1. The standard InChI is InChI=1S/C32H32Cl2N2O3/c1-39-16-6-15-36-26-9-4-11-28(37)31(26)30(32-27(36)10-5-12-29(32)38)22-19-35(25-8-3-2-7-21(22)25)18-20-13-14-23(33)24(34)17-20/h2-3,7-8,13-14,17,19,30H,4-6,9-12,15-16,18H2,1H3. The first-order valence-corrected chi connectivity index (χ1v) is 14.5. The molecule has 3 aromatic rings. The average Bonchev–Trinajstić information content (AvgIpc) is 3.29. The number of nitrogens with zero attached hydrogens (tertiary/aromatic N) is 2. The summed E-state index contributed by atoms with van der Waals surface area (Å²) in [6, 6.07) is 14.0. The Bertz CT molecular complexity index is 1490. The molecule has 6 rings (SSSR count). The molecule has 0 N–H and O–H groups in total. The summed E-state index contributed by atoms with van der Waals surface area (Å²) >= 11 is 12.5. The highest BCUT2D eigenvalue weighted by molar-refractivity contribution is 6.42. The van der Waals surface area contributed by atoms with E-state index in [1.165, 1.54) is 0 Å². The number of benzene rings is 2. The first-order valence-electron chi connectivity index (χ1n) is 13.8. The molecule has 0 saturated carbocycles. The number of ether oxygens (including phenoxy) is 1. The monoisotopic (exact) mass is 562 g/mol. The van der Waals surface area contributed by atoms with Crippen molar-refractivity contribution in [2.45, 2.75) is 57.4 Å². The van der Waals surface area contributed by atoms with Crippen LogP contribution in [-0.4, -0.2) is 41.3 Å². The van der Waals surface area contributed by atoms with Crippen molar-refractivity contribution in [1.82, 2.24) is 9.47 Å². The third-order valence-corrected chi connectivity index (χ3v) is 9.02. The zero-order valence-corrected chi connectivity index (χ0v) is 23.7. The van der Waals surface area contributed by atoms with Crippen LogP contribution in [0.1, 0.15) is 62.0 Å². The molecule has 7 heteroatoms. The lowest BCUT2D eigenvalue weighted by atomic mass is 9.71. The van der Waals surface area contributed by atoms with Crippen molar-refractivity contribution in [2.75, 3.05) is 20.3 Å². The minimum absolute atomic E-state index is 0.171. The first kappa shape index (κ1) is 26.4. The topological polar surface area (TPSA) is 51.5 Å². The number of hydrogen-bond donors (Lipinski definition) is 0. The number of allylic oxidation sites excluding steroid dienone is 4. The molecule has 0 unspecified atom stereocenters. The Kier molecular flexibility index (Phi) is 7.41. The lowest BCUT2D eigenvalue weighted by Crippen LogP contribution is -2.39. The molecule has 1 aliphatic heterocycles. The zero-order chi connectivity index (χ0) is 27.1. The van der Waals surface area contributed by atoms with E-state index in [0.717, 1.165) is 83.2 Å². The molecule has 3 aliphatic rings. The summed E-state index contributed by atoms with van der Waals surface area (Å²) in [6.45, 7) is 2.01. The van der Waals surface area contributed by atoms with Gasteiger partial charge in [0.25, 0.3) is 0 Å². The van der Waals surface area contributed by atoms with Crippen LogP contribution in [0.3, 0.4) is 0 Å². The van der Waals surface area contributed by atoms with Crippen LogP contribution in [0, 0.1) is 0 Å². The quantitative estimate of drug-likeness (QED) is 0.280. The maximum absolute atomic E-state index is 13.7. The number of carbonyl (C=O) groups is 2. The predicted molar refractivity (Wildman–Crippen MR) is 155 cm³/mol. The van der Waals surface area contributed by atoms with Crippen LogP contribution in [0.25, 0.3) is 10.9 Å². The van der Waals surface area contributed by atoms with Gasteiger partial charge in [0.2, 0.25) is 0 Å². The Morgan fingerprint density at radius 2 is 1.59 bits per heavy atom. The highest BCUT2D eigenvalue weighted by atomic mass is 35.5. The van der Waals surface area contributed by atoms with Crippen molar-refractivity contribution < 1.29 is 14.3 Å². The van der Waals surface area contributed by atoms with Crippen molar-refractivity contribution in [1.29, 1.82) is 0 Å². The van der Waals surface area contributed by atoms with Gasteiger partial charge in [0, 0.05) is 85.2 Å². The lowest BCUT2D eigenvalue weighted by Gasteiger charge is -2.44. The number of ketones is 2. The molecular weight excluding hydrogens is 531 g/mol. The summed E-state index contributed by atoms with van der Waals surface area (Å²) in [5.41, 5.74) is 7.01. The van der Waals surface area contributed by atoms with Crippen LogP contribution >= 0.6 is 23.2 Å². The molecule has 0 fully saturated rings. The molecule has 2 aliphatic carbocycles. The number of fused-ring (bicyclic) bond motifs is 1. The van der Waals surface area contributed by atoms with Gasteiger partial charge in [0.05, 0.1) is 10.0 Å². The number of Topliss-reactive ketones (excluding diaryl/α,β-unsaturated/α-hetero) is 2. The van der Waals surface area contributed by atoms with Crippen LogP contribution in [0.4, 0.5) is 0 Å². The van der Waals surface area contributed by atoms with Crippen molar-refractivity contribution in [3.05, 3.63) is 92.4 Å². The summed E-state index contributed by atoms with van der Waals surface area (Å²) < 4.78 is 7.54. The molecule has 1 aromatic heterocycles. The molecular formula is C32H32Cl2N2O3. The summed E-state index contributed by atoms with van der Waals surface area (Å²) in [6.07, 6.45) is 7.47. The van der Waals surface area contributed by atoms with E-state index in [-0.39, 0.29) is 17.5 Å². The number of rotatable bonds is 7. The van der Waals surface area contributed by atoms with Crippen LogP contribution in [-0.2, 0) is 20.9 Å². The molecule has 202 valence electrons. The number of aromatic nitrogens is 1. The predicted octanol–water partition coefficient (Wildman–Crippen LogP) is 7.45. The van der Waals surface area contributed by atoms with E-state index < -0.39 is 0 Å². The molecule has 0 radical (unpaired) electrons. The number of methoxy groups -OCH3 is 1. The molecule has 0 amide bonds. The van der Waals surface area contributed by atoms with E-state index in [1.54, 1.807) is 7.11 Å². The van der Waals surface area contributed by atoms with Gasteiger partial charge >= 0.3 is 0 Å². The van der Waals surface area contributed by atoms with Crippen molar-refractivity contribution in [3.63, 3.8) is 0 Å². The normalized spacial score (nSPS) is 18.3. The lowest BCUT2D eigenvalue weighted by molar-refractivity contribution is -0.117. The van der Waals surface area contributed by atoms with E-state index in [2.05, 4.69) is 27.8 Å². The van der Waals surface area contributed by atoms with Gasteiger partial charge in [-0.15, -0.1) is 0 Å². The fraction of sp³-hybridized carbons (Fsp3) is 0.375. The van der Waals surface area contributed by atoms with Crippen LogP contribution < -0.4 is 0 Å². The molecule has 0 saturated heterocycles. The minimum atomic E-state index is -0.339. The second-order valence-electron chi connectivity index (χ2n) is 10.7. The first-order chi connectivity index (χ1) is 19.0. The fourth-order valence-corrected chi connectivity index (χ4v) is 6.96. The van der Waals surface area contributed by atoms with Gasteiger partial charge in [-0.1, -0.05) is 47.5 Å². The second-order valence-corrected chi connectivity index (χ2v) is 11.5. The molecule has 5 nitrogen and oxygen atoms in total. The maximum atomic E-state index is 13.7. The number of para-hydroxylation sites is 1. The highest BCUT2D eigenvalue weighted by Gasteiger charge is 2.44. The summed E-state index contributed by atoms with van der Waals surface area (Å²) in [7, 11) is 1.71. The maximum Gasteiger partial charge on any atom is 0.161 e. The van der Waals surface area contributed by atoms with Crippen LogP contribution in [0.2, 0.25) is 10.0 Å². The van der Waals surface area contributed by atoms with Crippen molar-refractivity contribution >= 4 is 45.7 Å². The molecule has 0 bridgehead atoms. The highest BCUT2D eigenvalue weighted by Crippen LogP contribution is 2.50. The molecule has 0 spiro atoms. The Labute approximate surface area is 239 Å². The second kappa shape index (κ2) is 11.0. The van der Waals surface area contributed by atoms with Gasteiger partial charge in [-0.25, -0.2) is 0 Å². The molecule has 2 aromatic carbocycles. The fourth-order valence-electron chi connectivity index (χ4n) is 6.64. The summed E-state index contributed by atoms with van der Waals surface area (Å²) in [4.78, 5) is 29.7. The largest absolute Gasteiger partial charge is 0.385 e. The average molecular weight is 564 g/mol. The molecule has 39 heavy (non-hydrogen) atoms. The molecule has 2 heterocycles. The molecule has 0 atom stereocenters. The summed E-state index contributed by atoms with van der Waals surface area (Å²) in [5.74, 6) is 0.00249. The van der Waals surface area contributed by atoms with Crippen molar-refractivity contribution in [2.24, 2.45) is 0 Å². The van der Waals surface area contributed by atoms with E-state index in [4.69, 9.17) is 27.9 Å². The van der Waals surface area contributed by atoms with E-state index in [0.29, 0.717) is 36.0 Å². The van der Waals surface area contributed by atoms with E-state index in [1.807, 2.05) is 30.3 Å². The van der Waals surface area contributed by atoms with Gasteiger partial charge in [0.15, 0.2) is 11.6 Å². The minimum Gasteiger partial charge on any atom is -0.385 e. The smallest absolute Gasteiger partial charge is 0.161 e. The number of hydrogen-bond acceptors (Lipinski definition) is 4. The summed E-state index contributed by atoms with van der Waals surface area (Å²) in [5, 5.41) is 2.13. The Morgan fingerprint density at radius 3 is 2.26 bits per heavy atom. The van der Waals surface area contributed by atoms with Crippen molar-refractivity contribution in [3.8, 4) is 0 Å². The van der Waals surface area contributed by atoms with Crippen LogP contribution in [0.15, 0.2) is 71.2 Å². The van der Waals surface area contributed by atoms with Gasteiger partial charge in [-0.3, -0.25) is 9.59 Å². The van der Waals surface area contributed by atoms with Gasteiger partial charge in [0.1, 0.15) is 0 Å². The Hall–Kier alpha value is -2.86. The third kappa shape index (κ3) is 4.75. The number of carbonyl (C=O) groups excluding carboxylic acids is 2. The van der Waals surface area contributed by atoms with Gasteiger partial charge in [-0.2, -0.15) is 0 Å². The van der Waals surface area contributed by atoms with Gasteiger partial charge in [-0.05, 0) is 61.4 Å². The van der Waals surface area contributed by atoms with Crippen LogP contribution in [0.5, 0.6) is 0 Å². The third-order valence-electron chi connectivity index (χ3n) is 8.28.